The van der Waals surface area contributed by atoms with Gasteiger partial charge in [0.05, 0.1) is 6.42 Å². The van der Waals surface area contributed by atoms with E-state index in [0.29, 0.717) is 5.56 Å². The summed E-state index contributed by atoms with van der Waals surface area (Å²) in [6, 6.07) is 5.79. The van der Waals surface area contributed by atoms with Crippen molar-refractivity contribution in [2.45, 2.75) is 30.8 Å². The fourth-order valence-corrected chi connectivity index (χ4v) is 2.38. The van der Waals surface area contributed by atoms with Crippen molar-refractivity contribution in [2.24, 2.45) is 0 Å². The van der Waals surface area contributed by atoms with E-state index in [1.165, 1.54) is 18.2 Å². The van der Waals surface area contributed by atoms with Crippen LogP contribution in [0.3, 0.4) is 0 Å². The Balaban J connectivity index is 2.29. The summed E-state index contributed by atoms with van der Waals surface area (Å²) in [6.45, 7) is 0. The summed E-state index contributed by atoms with van der Waals surface area (Å²) >= 11 is 0. The van der Waals surface area contributed by atoms with Gasteiger partial charge in [0.2, 0.25) is 0 Å². The largest absolute Gasteiger partial charge is 0.481 e. The molecule has 0 unspecified atom stereocenters. The molecule has 1 saturated carbocycles. The molecular weight excluding hydrogens is 214 g/mol. The summed E-state index contributed by atoms with van der Waals surface area (Å²) in [6.07, 6.45) is -0.773. The Morgan fingerprint density at radius 1 is 1.50 bits per heavy atom. The minimum Gasteiger partial charge on any atom is -0.481 e. The van der Waals surface area contributed by atoms with Gasteiger partial charge in [-0.25, -0.2) is 8.78 Å². The van der Waals surface area contributed by atoms with Crippen LogP contribution in [0, 0.1) is 5.82 Å². The molecule has 0 amide bonds. The van der Waals surface area contributed by atoms with Gasteiger partial charge in [-0.2, -0.15) is 0 Å². The van der Waals surface area contributed by atoms with Crippen molar-refractivity contribution >= 4 is 5.97 Å². The van der Waals surface area contributed by atoms with Crippen molar-refractivity contribution in [3.63, 3.8) is 0 Å². The predicted molar refractivity (Wildman–Crippen MR) is 54.5 cm³/mol. The van der Waals surface area contributed by atoms with Gasteiger partial charge in [-0.05, 0) is 30.5 Å². The number of hydrogen-bond donors (Lipinski definition) is 1. The fraction of sp³-hybridized carbons (Fsp3) is 0.417. The first-order valence-corrected chi connectivity index (χ1v) is 5.14. The van der Waals surface area contributed by atoms with E-state index in [1.54, 1.807) is 6.07 Å². The van der Waals surface area contributed by atoms with Gasteiger partial charge in [-0.15, -0.1) is 0 Å². The van der Waals surface area contributed by atoms with E-state index in [4.69, 9.17) is 5.11 Å². The average molecular weight is 226 g/mol. The molecule has 0 aromatic heterocycles. The third kappa shape index (κ3) is 1.92. The van der Waals surface area contributed by atoms with Gasteiger partial charge >= 0.3 is 5.97 Å². The van der Waals surface area contributed by atoms with Crippen molar-refractivity contribution in [1.82, 2.24) is 0 Å². The minimum absolute atomic E-state index is 0.142. The minimum atomic E-state index is -0.976. The van der Waals surface area contributed by atoms with Crippen molar-refractivity contribution in [3.05, 3.63) is 35.6 Å². The van der Waals surface area contributed by atoms with Crippen molar-refractivity contribution < 1.29 is 18.7 Å². The lowest BCUT2D eigenvalue weighted by Crippen LogP contribution is -2.44. The van der Waals surface area contributed by atoms with Crippen LogP contribution < -0.4 is 0 Å². The van der Waals surface area contributed by atoms with Gasteiger partial charge in [-0.1, -0.05) is 12.1 Å². The molecule has 4 heteroatoms. The zero-order valence-corrected chi connectivity index (χ0v) is 8.62. The Hall–Kier alpha value is -1.45. The first-order chi connectivity index (χ1) is 7.52. The van der Waals surface area contributed by atoms with E-state index in [0.717, 1.165) is 0 Å². The van der Waals surface area contributed by atoms with E-state index in [1.807, 2.05) is 0 Å². The van der Waals surface area contributed by atoms with Crippen LogP contribution in [0.1, 0.15) is 24.8 Å². The quantitative estimate of drug-likeness (QED) is 0.860. The average Bonchev–Trinajstić information content (AvgIpc) is 2.14. The predicted octanol–water partition coefficient (Wildman–Crippen LogP) is 2.67. The van der Waals surface area contributed by atoms with E-state index in [-0.39, 0.29) is 19.3 Å². The molecule has 0 saturated heterocycles. The zero-order valence-electron chi connectivity index (χ0n) is 8.62. The first-order valence-electron chi connectivity index (χ1n) is 5.14. The molecule has 1 aromatic carbocycles. The molecule has 1 aliphatic carbocycles. The Bertz CT molecular complexity index is 411. The fourth-order valence-electron chi connectivity index (χ4n) is 2.38. The maximum Gasteiger partial charge on any atom is 0.304 e. The lowest BCUT2D eigenvalue weighted by Gasteiger charge is -2.43. The molecule has 0 aliphatic heterocycles. The molecule has 0 radical (unpaired) electrons. The maximum atomic E-state index is 13.1. The summed E-state index contributed by atoms with van der Waals surface area (Å²) in [5, 5.41) is 8.81. The van der Waals surface area contributed by atoms with Crippen molar-refractivity contribution in [1.29, 1.82) is 0 Å². The lowest BCUT2D eigenvalue weighted by molar-refractivity contribution is -0.140. The Morgan fingerprint density at radius 2 is 2.19 bits per heavy atom. The monoisotopic (exact) mass is 226 g/mol. The van der Waals surface area contributed by atoms with Crippen molar-refractivity contribution in [2.75, 3.05) is 0 Å². The van der Waals surface area contributed by atoms with Gasteiger partial charge < -0.3 is 5.11 Å². The highest BCUT2D eigenvalue weighted by atomic mass is 19.1. The molecule has 2 rings (SSSR count). The molecule has 1 aliphatic rings. The number of hydrogen-bond acceptors (Lipinski definition) is 1. The van der Waals surface area contributed by atoms with Crippen LogP contribution in [0.4, 0.5) is 8.78 Å². The van der Waals surface area contributed by atoms with E-state index in [9.17, 15) is 13.6 Å². The highest BCUT2D eigenvalue weighted by Crippen LogP contribution is 2.48. The van der Waals surface area contributed by atoms with Gasteiger partial charge in [0.25, 0.3) is 0 Å². The van der Waals surface area contributed by atoms with Crippen LogP contribution in [-0.2, 0) is 10.2 Å². The first kappa shape index (κ1) is 11.0. The van der Waals surface area contributed by atoms with E-state index in [2.05, 4.69) is 0 Å². The summed E-state index contributed by atoms with van der Waals surface area (Å²) in [5.74, 6) is -1.39. The van der Waals surface area contributed by atoms with Crippen LogP contribution >= 0.6 is 0 Å². The summed E-state index contributed by atoms with van der Waals surface area (Å²) in [7, 11) is 0. The highest BCUT2D eigenvalue weighted by Gasteiger charge is 2.47. The summed E-state index contributed by atoms with van der Waals surface area (Å²) in [5.41, 5.74) is -0.128. The second kappa shape index (κ2) is 3.85. The number of halogens is 2. The topological polar surface area (TPSA) is 37.3 Å². The normalized spacial score (nSPS) is 28.5. The SMILES string of the molecule is O=C(O)CC1(c2cccc(F)c2)CC(F)C1. The number of benzene rings is 1. The molecule has 16 heavy (non-hydrogen) atoms. The number of carbonyl (C=O) groups is 1. The number of carboxylic acids is 1. The number of alkyl halides is 1. The molecule has 1 N–H and O–H groups in total. The second-order valence-corrected chi connectivity index (χ2v) is 4.37. The number of aliphatic carboxylic acids is 1. The van der Waals surface area contributed by atoms with Gasteiger partial charge in [-0.3, -0.25) is 4.79 Å². The second-order valence-electron chi connectivity index (χ2n) is 4.37. The van der Waals surface area contributed by atoms with Gasteiger partial charge in [0, 0.05) is 5.41 Å². The Kier molecular flexibility index (Phi) is 2.66. The molecule has 0 heterocycles. The summed E-state index contributed by atoms with van der Waals surface area (Å²) < 4.78 is 26.0. The molecule has 86 valence electrons. The molecule has 0 atom stereocenters. The van der Waals surface area contributed by atoms with Crippen LogP contribution in [0.5, 0.6) is 0 Å². The zero-order chi connectivity index (χ0) is 11.8. The third-order valence-electron chi connectivity index (χ3n) is 3.15. The Labute approximate surface area is 91.9 Å². The third-order valence-corrected chi connectivity index (χ3v) is 3.15. The summed E-state index contributed by atoms with van der Waals surface area (Å²) in [4.78, 5) is 10.8. The van der Waals surface area contributed by atoms with Crippen LogP contribution in [-0.4, -0.2) is 17.2 Å². The molecule has 2 nitrogen and oxygen atoms in total. The standard InChI is InChI=1S/C12H12F2O2/c13-9-3-1-2-8(4-9)12(7-11(15)16)5-10(14)6-12/h1-4,10H,5-7H2,(H,15,16). The molecular formula is C12H12F2O2. The molecule has 1 aromatic rings. The Morgan fingerprint density at radius 3 is 2.69 bits per heavy atom. The molecule has 1 fully saturated rings. The number of rotatable bonds is 3. The van der Waals surface area contributed by atoms with Crippen molar-refractivity contribution in [3.8, 4) is 0 Å². The smallest absolute Gasteiger partial charge is 0.304 e. The van der Waals surface area contributed by atoms with Gasteiger partial charge in [0.15, 0.2) is 0 Å². The molecule has 0 bridgehead atoms. The van der Waals surface area contributed by atoms with Crippen LogP contribution in [0.2, 0.25) is 0 Å². The highest BCUT2D eigenvalue weighted by molar-refractivity contribution is 5.69. The van der Waals surface area contributed by atoms with E-state index >= 15 is 0 Å². The lowest BCUT2D eigenvalue weighted by atomic mass is 9.61. The molecule has 0 spiro atoms. The van der Waals surface area contributed by atoms with Crippen LogP contribution in [0.25, 0.3) is 0 Å². The van der Waals surface area contributed by atoms with E-state index < -0.39 is 23.4 Å². The maximum absolute atomic E-state index is 13.1. The van der Waals surface area contributed by atoms with Gasteiger partial charge in [0.1, 0.15) is 12.0 Å². The van der Waals surface area contributed by atoms with Crippen LogP contribution in [0.15, 0.2) is 24.3 Å². The number of carboxylic acid groups (broad SMARTS) is 1.